The molecule has 1 aliphatic rings. The molecule has 168 valence electrons. The summed E-state index contributed by atoms with van der Waals surface area (Å²) in [7, 11) is 1.88. The minimum absolute atomic E-state index is 0.194. The summed E-state index contributed by atoms with van der Waals surface area (Å²) in [6.07, 6.45) is 12.0. The zero-order valence-electron chi connectivity index (χ0n) is 18.6. The van der Waals surface area contributed by atoms with E-state index < -0.39 is 5.91 Å². The molecule has 1 amide bonds. The number of hydrogen-bond donors (Lipinski definition) is 1. The lowest BCUT2D eigenvalue weighted by Gasteiger charge is -2.28. The molecule has 9 heteroatoms. The maximum absolute atomic E-state index is 11.3. The molecule has 4 aromatic rings. The monoisotopic (exact) mass is 450 g/mol. The van der Waals surface area contributed by atoms with Crippen molar-refractivity contribution in [2.24, 2.45) is 12.8 Å². The minimum Gasteiger partial charge on any atom is -0.366 e. The van der Waals surface area contributed by atoms with Gasteiger partial charge < -0.3 is 10.6 Å². The van der Waals surface area contributed by atoms with Crippen LogP contribution in [0.25, 0.3) is 27.8 Å². The molecule has 0 unspecified atom stereocenters. The third kappa shape index (κ3) is 3.71. The van der Waals surface area contributed by atoms with Crippen molar-refractivity contribution in [3.05, 3.63) is 78.7 Å². The topological polar surface area (TPSA) is 118 Å². The molecular weight excluding hydrogens is 428 g/mol. The first kappa shape index (κ1) is 21.2. The maximum atomic E-state index is 11.3. The van der Waals surface area contributed by atoms with Crippen molar-refractivity contribution in [3.63, 3.8) is 0 Å². The van der Waals surface area contributed by atoms with Crippen molar-refractivity contribution in [3.8, 4) is 17.2 Å². The van der Waals surface area contributed by atoms with Crippen molar-refractivity contribution < 1.29 is 4.79 Å². The summed E-state index contributed by atoms with van der Waals surface area (Å²) in [5.41, 5.74) is 12.4. The average Bonchev–Trinajstić information content (AvgIpc) is 3.49. The number of nitriles is 1. The quantitative estimate of drug-likeness (QED) is 0.467. The predicted molar refractivity (Wildman–Crippen MR) is 129 cm³/mol. The number of anilines is 1. The summed E-state index contributed by atoms with van der Waals surface area (Å²) in [6, 6.07) is 8.05. The van der Waals surface area contributed by atoms with E-state index in [0.29, 0.717) is 17.8 Å². The first-order chi connectivity index (χ1) is 16.4. The number of nitrogens with two attached hydrogens (primary N) is 1. The number of primary amides is 1. The van der Waals surface area contributed by atoms with Crippen LogP contribution in [0.5, 0.6) is 0 Å². The van der Waals surface area contributed by atoms with Crippen LogP contribution in [0.3, 0.4) is 0 Å². The zero-order chi connectivity index (χ0) is 23.8. The molecule has 0 aliphatic carbocycles. The molecule has 0 aromatic carbocycles. The molecule has 2 N–H and O–H groups in total. The van der Waals surface area contributed by atoms with Crippen molar-refractivity contribution in [1.82, 2.24) is 24.4 Å². The van der Waals surface area contributed by atoms with Gasteiger partial charge in [-0.15, -0.1) is 0 Å². The van der Waals surface area contributed by atoms with Gasteiger partial charge in [-0.3, -0.25) is 14.5 Å². The van der Waals surface area contributed by atoms with E-state index in [-0.39, 0.29) is 5.57 Å². The van der Waals surface area contributed by atoms with E-state index in [1.165, 1.54) is 0 Å². The Kier molecular flexibility index (Phi) is 5.18. The summed E-state index contributed by atoms with van der Waals surface area (Å²) >= 11 is 0. The van der Waals surface area contributed by atoms with Gasteiger partial charge in [-0.1, -0.05) is 12.7 Å². The Bertz CT molecular complexity index is 1500. The van der Waals surface area contributed by atoms with E-state index in [0.717, 1.165) is 46.4 Å². The average molecular weight is 451 g/mol. The van der Waals surface area contributed by atoms with Crippen molar-refractivity contribution in [2.75, 3.05) is 18.0 Å². The van der Waals surface area contributed by atoms with Gasteiger partial charge >= 0.3 is 0 Å². The van der Waals surface area contributed by atoms with Crippen LogP contribution in [-0.2, 0) is 11.8 Å². The molecule has 0 atom stereocenters. The van der Waals surface area contributed by atoms with E-state index >= 15 is 0 Å². The van der Waals surface area contributed by atoms with Crippen LogP contribution in [0, 0.1) is 11.3 Å². The molecule has 0 saturated carbocycles. The fraction of sp³-hybridized carbons (Fsp3) is 0.160. The van der Waals surface area contributed by atoms with Gasteiger partial charge in [0.2, 0.25) is 5.91 Å². The second kappa shape index (κ2) is 8.33. The second-order valence-electron chi connectivity index (χ2n) is 8.18. The Morgan fingerprint density at radius 2 is 2.03 bits per heavy atom. The Hall–Kier alpha value is -4.71. The lowest BCUT2D eigenvalue weighted by atomic mass is 9.95. The predicted octanol–water partition coefficient (Wildman–Crippen LogP) is 2.79. The van der Waals surface area contributed by atoms with Gasteiger partial charge in [-0.2, -0.15) is 15.5 Å². The fourth-order valence-corrected chi connectivity index (χ4v) is 4.20. The lowest BCUT2D eigenvalue weighted by molar-refractivity contribution is -0.112. The molecule has 0 radical (unpaired) electrons. The Morgan fingerprint density at radius 1 is 1.18 bits per heavy atom. The number of aryl methyl sites for hydroxylation is 1. The van der Waals surface area contributed by atoms with E-state index in [2.05, 4.69) is 44.9 Å². The smallest absolute Gasteiger partial charge is 0.250 e. The van der Waals surface area contributed by atoms with E-state index in [4.69, 9.17) is 5.73 Å². The number of nitrogens with zero attached hydrogens (tertiary/aromatic N) is 7. The normalized spacial score (nSPS) is 13.5. The highest BCUT2D eigenvalue weighted by molar-refractivity contribution is 6.17. The number of fused-ring (bicyclic) bond motifs is 1. The molecule has 0 saturated heterocycles. The Balaban J connectivity index is 1.48. The first-order valence-electron chi connectivity index (χ1n) is 10.7. The molecular formula is C25H22N8O. The molecule has 34 heavy (non-hydrogen) atoms. The van der Waals surface area contributed by atoms with Gasteiger partial charge in [0.15, 0.2) is 0 Å². The molecule has 5 rings (SSSR count). The van der Waals surface area contributed by atoms with Crippen molar-refractivity contribution in [1.29, 1.82) is 5.26 Å². The van der Waals surface area contributed by atoms with E-state index in [1.54, 1.807) is 27.7 Å². The molecule has 0 fully saturated rings. The number of amides is 1. The van der Waals surface area contributed by atoms with E-state index in [1.807, 2.05) is 31.7 Å². The highest BCUT2D eigenvalue weighted by Gasteiger charge is 2.20. The van der Waals surface area contributed by atoms with Crippen LogP contribution >= 0.6 is 0 Å². The molecule has 0 spiro atoms. The second-order valence-corrected chi connectivity index (χ2v) is 8.18. The van der Waals surface area contributed by atoms with Crippen LogP contribution in [-0.4, -0.2) is 43.4 Å². The van der Waals surface area contributed by atoms with Crippen LogP contribution in [0.2, 0.25) is 0 Å². The zero-order valence-corrected chi connectivity index (χ0v) is 18.6. The van der Waals surface area contributed by atoms with Crippen LogP contribution in [0.1, 0.15) is 23.2 Å². The standard InChI is InChI=1S/C25H22N8O/c1-16(25(27)34)23-4-3-21(13-28-23)32-7-5-17(6-8-32)22-9-18(20-12-29-31(2)14-20)15-33-24(22)19(10-26)11-30-33/h3-5,9,11-15H,1,6-8H2,2H3,(H2,27,34). The summed E-state index contributed by atoms with van der Waals surface area (Å²) in [5, 5.41) is 18.3. The van der Waals surface area contributed by atoms with E-state index in [9.17, 15) is 10.1 Å². The molecule has 0 bridgehead atoms. The van der Waals surface area contributed by atoms with Gasteiger partial charge in [0.05, 0.1) is 46.6 Å². The van der Waals surface area contributed by atoms with Gasteiger partial charge in [-0.05, 0) is 30.2 Å². The summed E-state index contributed by atoms with van der Waals surface area (Å²) in [6.45, 7) is 5.15. The fourth-order valence-electron chi connectivity index (χ4n) is 4.20. The van der Waals surface area contributed by atoms with Crippen molar-refractivity contribution >= 4 is 28.3 Å². The minimum atomic E-state index is -0.581. The largest absolute Gasteiger partial charge is 0.366 e. The summed E-state index contributed by atoms with van der Waals surface area (Å²) < 4.78 is 3.54. The first-order valence-corrected chi connectivity index (χ1v) is 10.7. The van der Waals surface area contributed by atoms with Gasteiger partial charge in [0.1, 0.15) is 6.07 Å². The van der Waals surface area contributed by atoms with Crippen molar-refractivity contribution in [2.45, 2.75) is 6.42 Å². The number of carbonyl (C=O) groups is 1. The Labute approximate surface area is 196 Å². The molecule has 4 aromatic heterocycles. The highest BCUT2D eigenvalue weighted by Crippen LogP contribution is 2.33. The highest BCUT2D eigenvalue weighted by atomic mass is 16.1. The van der Waals surface area contributed by atoms with Crippen LogP contribution in [0.15, 0.2) is 61.8 Å². The third-order valence-corrected chi connectivity index (χ3v) is 6.05. The number of carbonyl (C=O) groups excluding carboxylic acids is 1. The van der Waals surface area contributed by atoms with Gasteiger partial charge in [0.25, 0.3) is 0 Å². The maximum Gasteiger partial charge on any atom is 0.250 e. The van der Waals surface area contributed by atoms with Crippen LogP contribution in [0.4, 0.5) is 5.69 Å². The number of hydrogen-bond acceptors (Lipinski definition) is 6. The molecule has 1 aliphatic heterocycles. The Morgan fingerprint density at radius 3 is 2.65 bits per heavy atom. The lowest BCUT2D eigenvalue weighted by Crippen LogP contribution is -2.28. The number of pyridine rings is 2. The number of rotatable bonds is 5. The number of aromatic nitrogens is 5. The molecule has 9 nitrogen and oxygen atoms in total. The summed E-state index contributed by atoms with van der Waals surface area (Å²) in [4.78, 5) is 17.9. The van der Waals surface area contributed by atoms with Gasteiger partial charge in [-0.25, -0.2) is 4.52 Å². The SMILES string of the molecule is C=C(C(N)=O)c1ccc(N2CC=C(c3cc(-c4cnn(C)c4)cn4ncc(C#N)c34)CC2)cn1. The van der Waals surface area contributed by atoms with Gasteiger partial charge in [0, 0.05) is 49.2 Å². The third-order valence-electron chi connectivity index (χ3n) is 6.05. The molecule has 5 heterocycles. The summed E-state index contributed by atoms with van der Waals surface area (Å²) in [5.74, 6) is -0.581. The van der Waals surface area contributed by atoms with Crippen LogP contribution < -0.4 is 10.6 Å².